The number of likely N-dealkylation sites (tertiary alicyclic amines) is 1. The molecule has 0 unspecified atom stereocenters. The third-order valence-corrected chi connectivity index (χ3v) is 4.79. The number of piperidine rings is 1. The van der Waals surface area contributed by atoms with Crippen molar-refractivity contribution in [2.45, 2.75) is 19.8 Å². The van der Waals surface area contributed by atoms with Crippen LogP contribution in [-0.4, -0.2) is 55.5 Å². The Balaban J connectivity index is 1.71. The van der Waals surface area contributed by atoms with E-state index in [0.29, 0.717) is 42.6 Å². The molecular formula is C18H21ClN2O5. The maximum atomic E-state index is 12.7. The van der Waals surface area contributed by atoms with E-state index < -0.39 is 0 Å². The van der Waals surface area contributed by atoms with E-state index in [4.69, 9.17) is 21.1 Å². The zero-order valence-corrected chi connectivity index (χ0v) is 15.3. The first-order chi connectivity index (χ1) is 12.5. The number of fused-ring (bicyclic) bond motifs is 1. The van der Waals surface area contributed by atoms with Gasteiger partial charge in [0.2, 0.25) is 5.91 Å². The summed E-state index contributed by atoms with van der Waals surface area (Å²) in [6.07, 6.45) is 1.44. The Morgan fingerprint density at radius 3 is 2.96 bits per heavy atom. The molecule has 140 valence electrons. The monoisotopic (exact) mass is 380 g/mol. The molecule has 2 heterocycles. The lowest BCUT2D eigenvalue weighted by atomic mass is 9.98. The van der Waals surface area contributed by atoms with Gasteiger partial charge >= 0.3 is 5.97 Å². The number of carbonyl (C=O) groups excluding carboxylic acids is 3. The number of carbonyl (C=O) groups is 3. The summed E-state index contributed by atoms with van der Waals surface area (Å²) < 4.78 is 10.5. The third-order valence-electron chi connectivity index (χ3n) is 4.55. The summed E-state index contributed by atoms with van der Waals surface area (Å²) in [6, 6.07) is 4.96. The van der Waals surface area contributed by atoms with Gasteiger partial charge in [-0.3, -0.25) is 19.3 Å². The largest absolute Gasteiger partial charge is 0.482 e. The number of nitrogens with zero attached hydrogens (tertiary/aromatic N) is 2. The number of hydrogen-bond donors (Lipinski definition) is 0. The number of benzene rings is 1. The maximum absolute atomic E-state index is 12.7. The second-order valence-corrected chi connectivity index (χ2v) is 6.75. The van der Waals surface area contributed by atoms with Crippen molar-refractivity contribution < 1.29 is 23.9 Å². The maximum Gasteiger partial charge on any atom is 0.310 e. The zero-order chi connectivity index (χ0) is 18.7. The quantitative estimate of drug-likeness (QED) is 0.745. The van der Waals surface area contributed by atoms with Crippen molar-refractivity contribution in [1.82, 2.24) is 4.90 Å². The van der Waals surface area contributed by atoms with Crippen LogP contribution in [0.5, 0.6) is 5.75 Å². The van der Waals surface area contributed by atoms with Crippen LogP contribution < -0.4 is 9.64 Å². The first kappa shape index (κ1) is 18.5. The van der Waals surface area contributed by atoms with E-state index in [2.05, 4.69) is 0 Å². The molecule has 7 nitrogen and oxygen atoms in total. The normalized spacial score (nSPS) is 19.6. The van der Waals surface area contributed by atoms with Crippen LogP contribution in [0.1, 0.15) is 19.8 Å². The van der Waals surface area contributed by atoms with E-state index in [0.717, 1.165) is 6.42 Å². The van der Waals surface area contributed by atoms with Gasteiger partial charge in [0.1, 0.15) is 12.3 Å². The van der Waals surface area contributed by atoms with E-state index in [-0.39, 0.29) is 36.9 Å². The van der Waals surface area contributed by atoms with Gasteiger partial charge in [0.05, 0.1) is 18.2 Å². The van der Waals surface area contributed by atoms with Gasteiger partial charge in [0, 0.05) is 18.1 Å². The lowest BCUT2D eigenvalue weighted by Gasteiger charge is -2.34. The van der Waals surface area contributed by atoms with Crippen LogP contribution in [0, 0.1) is 5.92 Å². The summed E-state index contributed by atoms with van der Waals surface area (Å²) in [4.78, 5) is 40.0. The van der Waals surface area contributed by atoms with Crippen LogP contribution >= 0.6 is 11.6 Å². The highest BCUT2D eigenvalue weighted by molar-refractivity contribution is 6.31. The first-order valence-electron chi connectivity index (χ1n) is 8.66. The molecule has 2 aliphatic heterocycles. The van der Waals surface area contributed by atoms with Crippen molar-refractivity contribution in [1.29, 1.82) is 0 Å². The number of halogens is 1. The van der Waals surface area contributed by atoms with Crippen molar-refractivity contribution in [3.05, 3.63) is 23.2 Å². The number of hydrogen-bond acceptors (Lipinski definition) is 5. The molecule has 0 bridgehead atoms. The van der Waals surface area contributed by atoms with Crippen LogP contribution in [0.25, 0.3) is 0 Å². The predicted molar refractivity (Wildman–Crippen MR) is 95.2 cm³/mol. The van der Waals surface area contributed by atoms with Crippen molar-refractivity contribution in [2.24, 2.45) is 5.92 Å². The van der Waals surface area contributed by atoms with Gasteiger partial charge in [-0.05, 0) is 38.0 Å². The van der Waals surface area contributed by atoms with Crippen LogP contribution in [0.4, 0.5) is 5.69 Å². The fourth-order valence-corrected chi connectivity index (χ4v) is 3.41. The fraction of sp³-hybridized carbons (Fsp3) is 0.500. The molecule has 8 heteroatoms. The van der Waals surface area contributed by atoms with Crippen LogP contribution in [0.15, 0.2) is 18.2 Å². The van der Waals surface area contributed by atoms with Crippen LogP contribution in [0.2, 0.25) is 5.02 Å². The van der Waals surface area contributed by atoms with Gasteiger partial charge in [-0.1, -0.05) is 11.6 Å². The minimum Gasteiger partial charge on any atom is -0.482 e. The average Bonchev–Trinajstić information content (AvgIpc) is 2.64. The molecule has 0 aliphatic carbocycles. The SMILES string of the molecule is CCOC(=O)[C@@H]1CCCN(C(=O)CN2C(=O)COc3ccc(Cl)cc32)C1. The molecule has 1 atom stereocenters. The van der Waals surface area contributed by atoms with Gasteiger partial charge < -0.3 is 14.4 Å². The summed E-state index contributed by atoms with van der Waals surface area (Å²) in [6.45, 7) is 2.74. The van der Waals surface area contributed by atoms with E-state index in [1.54, 1.807) is 30.0 Å². The van der Waals surface area contributed by atoms with Gasteiger partial charge in [-0.25, -0.2) is 0 Å². The molecule has 0 saturated carbocycles. The Labute approximate surface area is 156 Å². The molecule has 2 amide bonds. The molecule has 0 radical (unpaired) electrons. The highest BCUT2D eigenvalue weighted by atomic mass is 35.5. The van der Waals surface area contributed by atoms with Gasteiger partial charge in [0.15, 0.2) is 6.61 Å². The minimum atomic E-state index is -0.310. The Morgan fingerprint density at radius 1 is 1.38 bits per heavy atom. The Kier molecular flexibility index (Phi) is 5.66. The summed E-state index contributed by atoms with van der Waals surface area (Å²) in [7, 11) is 0. The number of rotatable bonds is 4. The smallest absolute Gasteiger partial charge is 0.310 e. The molecule has 0 aromatic heterocycles. The topological polar surface area (TPSA) is 76.2 Å². The highest BCUT2D eigenvalue weighted by Gasteiger charge is 2.33. The second kappa shape index (κ2) is 7.95. The molecule has 0 spiro atoms. The predicted octanol–water partition coefficient (Wildman–Crippen LogP) is 1.87. The lowest BCUT2D eigenvalue weighted by molar-refractivity contribution is -0.151. The summed E-state index contributed by atoms with van der Waals surface area (Å²) in [5, 5.41) is 0.458. The number of anilines is 1. The molecule has 1 fully saturated rings. The Morgan fingerprint density at radius 2 is 2.19 bits per heavy atom. The number of esters is 1. The van der Waals surface area contributed by atoms with Gasteiger partial charge in [-0.15, -0.1) is 0 Å². The molecular weight excluding hydrogens is 360 g/mol. The van der Waals surface area contributed by atoms with Crippen molar-refractivity contribution in [3.8, 4) is 5.75 Å². The van der Waals surface area contributed by atoms with Crippen LogP contribution in [-0.2, 0) is 19.1 Å². The van der Waals surface area contributed by atoms with E-state index in [1.807, 2.05) is 0 Å². The fourth-order valence-electron chi connectivity index (χ4n) is 3.24. The molecule has 1 aromatic carbocycles. The summed E-state index contributed by atoms with van der Waals surface area (Å²) in [5.74, 6) is -0.573. The van der Waals surface area contributed by atoms with Crippen LogP contribution in [0.3, 0.4) is 0 Å². The highest BCUT2D eigenvalue weighted by Crippen LogP contribution is 2.34. The molecule has 1 saturated heterocycles. The lowest BCUT2D eigenvalue weighted by Crippen LogP contribution is -2.49. The molecule has 2 aliphatic rings. The second-order valence-electron chi connectivity index (χ2n) is 6.31. The van der Waals surface area contributed by atoms with Crippen molar-refractivity contribution in [3.63, 3.8) is 0 Å². The summed E-state index contributed by atoms with van der Waals surface area (Å²) in [5.41, 5.74) is 0.487. The Bertz CT molecular complexity index is 724. The average molecular weight is 381 g/mol. The van der Waals surface area contributed by atoms with E-state index in [1.165, 1.54) is 4.90 Å². The zero-order valence-electron chi connectivity index (χ0n) is 14.6. The van der Waals surface area contributed by atoms with Crippen molar-refractivity contribution >= 4 is 35.1 Å². The third kappa shape index (κ3) is 3.93. The van der Waals surface area contributed by atoms with Gasteiger partial charge in [-0.2, -0.15) is 0 Å². The van der Waals surface area contributed by atoms with E-state index >= 15 is 0 Å². The van der Waals surface area contributed by atoms with Gasteiger partial charge in [0.25, 0.3) is 5.91 Å². The first-order valence-corrected chi connectivity index (χ1v) is 9.04. The standard InChI is InChI=1S/C18H21ClN2O5/c1-2-25-18(24)12-4-3-7-20(9-12)16(22)10-21-14-8-13(19)5-6-15(14)26-11-17(21)23/h5-6,8,12H,2-4,7,9-11H2,1H3/t12-/m1/s1. The Hall–Kier alpha value is -2.28. The number of amides is 2. The molecule has 1 aromatic rings. The molecule has 0 N–H and O–H groups in total. The minimum absolute atomic E-state index is 0.106. The summed E-state index contributed by atoms with van der Waals surface area (Å²) >= 11 is 6.02. The molecule has 3 rings (SSSR count). The molecule has 26 heavy (non-hydrogen) atoms. The van der Waals surface area contributed by atoms with Crippen molar-refractivity contribution in [2.75, 3.05) is 37.7 Å². The van der Waals surface area contributed by atoms with E-state index in [9.17, 15) is 14.4 Å². The number of ether oxygens (including phenoxy) is 2.